The first-order valence-electron chi connectivity index (χ1n) is 14.7. The summed E-state index contributed by atoms with van der Waals surface area (Å²) >= 11 is 0. The van der Waals surface area contributed by atoms with Crippen molar-refractivity contribution in [2.24, 2.45) is 0 Å². The van der Waals surface area contributed by atoms with E-state index in [1.54, 1.807) is 0 Å². The van der Waals surface area contributed by atoms with E-state index in [1.165, 1.54) is 43.8 Å². The predicted molar refractivity (Wildman–Crippen MR) is 180 cm³/mol. The molecule has 39 heavy (non-hydrogen) atoms. The van der Waals surface area contributed by atoms with Gasteiger partial charge in [0.05, 0.1) is 0 Å². The van der Waals surface area contributed by atoms with Crippen LogP contribution in [0.3, 0.4) is 0 Å². The van der Waals surface area contributed by atoms with Gasteiger partial charge in [-0.15, -0.1) is 0 Å². The van der Waals surface area contributed by atoms with Crippen LogP contribution in [-0.4, -0.2) is 52.3 Å². The highest BCUT2D eigenvalue weighted by Crippen LogP contribution is 2.29. The summed E-state index contributed by atoms with van der Waals surface area (Å²) in [6.07, 6.45) is 4.50. The standard InChI is InChI=1S/C35H50N2Si2/c1-11-34(28-19-23-32(24-20-28)38(7,8)36(6)13-3)30-17-16-18-31(27-30)35(12-2)29-21-25-33(26-22-29)39(9,10)37(14-4)15-5/h11-12,16-27H,13-15H2,1-10H3/b34-11+,35-12-. The van der Waals surface area contributed by atoms with Gasteiger partial charge in [0.1, 0.15) is 0 Å². The number of nitrogens with zero attached hydrogens (tertiary/aromatic N) is 2. The van der Waals surface area contributed by atoms with Crippen molar-refractivity contribution < 1.29 is 0 Å². The quantitative estimate of drug-likeness (QED) is 0.224. The molecule has 0 spiro atoms. The predicted octanol–water partition coefficient (Wildman–Crippen LogP) is 7.71. The third-order valence-electron chi connectivity index (χ3n) is 8.85. The van der Waals surface area contributed by atoms with E-state index in [0.29, 0.717) is 0 Å². The van der Waals surface area contributed by atoms with Crippen LogP contribution in [0, 0.1) is 0 Å². The molecular formula is C35H50N2Si2. The van der Waals surface area contributed by atoms with Crippen molar-refractivity contribution in [1.82, 2.24) is 9.13 Å². The van der Waals surface area contributed by atoms with E-state index in [0.717, 1.165) is 19.6 Å². The van der Waals surface area contributed by atoms with Gasteiger partial charge >= 0.3 is 0 Å². The largest absolute Gasteiger partial charge is 0.323 e. The normalized spacial score (nSPS) is 13.4. The van der Waals surface area contributed by atoms with Crippen molar-refractivity contribution >= 4 is 38.0 Å². The van der Waals surface area contributed by atoms with Crippen LogP contribution >= 0.6 is 0 Å². The summed E-state index contributed by atoms with van der Waals surface area (Å²) < 4.78 is 5.18. The van der Waals surface area contributed by atoms with Gasteiger partial charge in [-0.3, -0.25) is 0 Å². The summed E-state index contributed by atoms with van der Waals surface area (Å²) in [5.41, 5.74) is 7.64. The van der Waals surface area contributed by atoms with Gasteiger partial charge < -0.3 is 9.13 Å². The average Bonchev–Trinajstić information content (AvgIpc) is 2.94. The molecule has 3 aromatic rings. The van der Waals surface area contributed by atoms with Crippen LogP contribution in [0.5, 0.6) is 0 Å². The summed E-state index contributed by atoms with van der Waals surface area (Å²) in [6, 6.07) is 27.7. The summed E-state index contributed by atoms with van der Waals surface area (Å²) in [5.74, 6) is 0. The minimum atomic E-state index is -1.64. The first-order valence-corrected chi connectivity index (χ1v) is 20.6. The number of rotatable bonds is 11. The zero-order valence-corrected chi connectivity index (χ0v) is 28.1. The minimum absolute atomic E-state index is 1.08. The van der Waals surface area contributed by atoms with Crippen molar-refractivity contribution in [3.8, 4) is 0 Å². The smallest absolute Gasteiger partial charge is 0.154 e. The Hall–Kier alpha value is -2.51. The molecule has 0 aliphatic carbocycles. The molecule has 0 heterocycles. The molecule has 3 aromatic carbocycles. The Kier molecular flexibility index (Phi) is 10.5. The second-order valence-electron chi connectivity index (χ2n) is 11.4. The average molecular weight is 555 g/mol. The van der Waals surface area contributed by atoms with Gasteiger partial charge in [-0.1, -0.05) is 126 Å². The van der Waals surface area contributed by atoms with Crippen molar-refractivity contribution in [3.63, 3.8) is 0 Å². The summed E-state index contributed by atoms with van der Waals surface area (Å²) in [7, 11) is -1.00. The molecule has 208 valence electrons. The molecule has 0 radical (unpaired) electrons. The van der Waals surface area contributed by atoms with Gasteiger partial charge in [-0.05, 0) is 90.4 Å². The van der Waals surface area contributed by atoms with E-state index in [9.17, 15) is 0 Å². The topological polar surface area (TPSA) is 6.48 Å². The summed E-state index contributed by atoms with van der Waals surface area (Å²) in [4.78, 5) is 0. The fraction of sp³-hybridized carbons (Fsp3) is 0.371. The van der Waals surface area contributed by atoms with E-state index in [4.69, 9.17) is 0 Å². The molecule has 0 saturated heterocycles. The maximum absolute atomic E-state index is 2.65. The molecule has 0 aliphatic heterocycles. The number of hydrogen-bond acceptors (Lipinski definition) is 2. The molecule has 0 aliphatic rings. The van der Waals surface area contributed by atoms with Gasteiger partial charge in [0.15, 0.2) is 16.5 Å². The number of benzene rings is 3. The molecule has 0 saturated carbocycles. The van der Waals surface area contributed by atoms with Crippen molar-refractivity contribution in [1.29, 1.82) is 0 Å². The molecule has 0 fully saturated rings. The van der Waals surface area contributed by atoms with Crippen molar-refractivity contribution in [2.45, 2.75) is 60.8 Å². The van der Waals surface area contributed by atoms with Gasteiger partial charge in [0.2, 0.25) is 0 Å². The Morgan fingerprint density at radius 3 is 1.36 bits per heavy atom. The van der Waals surface area contributed by atoms with Crippen LogP contribution in [0.1, 0.15) is 56.9 Å². The molecule has 0 bridgehead atoms. The van der Waals surface area contributed by atoms with Crippen LogP contribution in [0.2, 0.25) is 26.2 Å². The van der Waals surface area contributed by atoms with Crippen LogP contribution < -0.4 is 10.4 Å². The van der Waals surface area contributed by atoms with E-state index < -0.39 is 16.5 Å². The molecule has 2 nitrogen and oxygen atoms in total. The number of allylic oxidation sites excluding steroid dienone is 2. The minimum Gasteiger partial charge on any atom is -0.323 e. The Bertz CT molecular complexity index is 1280. The van der Waals surface area contributed by atoms with Crippen LogP contribution in [-0.2, 0) is 0 Å². The molecule has 4 heteroatoms. The lowest BCUT2D eigenvalue weighted by Crippen LogP contribution is -2.57. The van der Waals surface area contributed by atoms with Crippen molar-refractivity contribution in [2.75, 3.05) is 26.7 Å². The summed E-state index contributed by atoms with van der Waals surface area (Å²) in [6.45, 7) is 24.2. The summed E-state index contributed by atoms with van der Waals surface area (Å²) in [5, 5.41) is 2.97. The Balaban J connectivity index is 1.91. The SMILES string of the molecule is C/C=C(/c1ccc([Si](C)(C)N(CC)CC)cc1)c1cccc(/C(=C/C)c2ccc([Si](C)(C)N(C)CC)cc2)c1. The third kappa shape index (κ3) is 6.63. The number of hydrogen-bond donors (Lipinski definition) is 0. The van der Waals surface area contributed by atoms with Crippen LogP contribution in [0.4, 0.5) is 0 Å². The fourth-order valence-corrected chi connectivity index (χ4v) is 10.9. The Morgan fingerprint density at radius 1 is 0.590 bits per heavy atom. The molecule has 3 rings (SSSR count). The molecule has 0 N–H and O–H groups in total. The van der Waals surface area contributed by atoms with E-state index in [1.807, 2.05) is 0 Å². The van der Waals surface area contributed by atoms with Crippen LogP contribution in [0.15, 0.2) is 84.9 Å². The highest BCUT2D eigenvalue weighted by molar-refractivity contribution is 6.87. The van der Waals surface area contributed by atoms with E-state index in [2.05, 4.69) is 162 Å². The maximum atomic E-state index is 2.65. The first-order chi connectivity index (χ1) is 18.5. The lowest BCUT2D eigenvalue weighted by Gasteiger charge is -2.35. The van der Waals surface area contributed by atoms with E-state index in [-0.39, 0.29) is 0 Å². The second kappa shape index (κ2) is 13.2. The third-order valence-corrected chi connectivity index (χ3v) is 16.8. The zero-order valence-electron chi connectivity index (χ0n) is 26.1. The van der Waals surface area contributed by atoms with Gasteiger partial charge in [0, 0.05) is 0 Å². The van der Waals surface area contributed by atoms with Gasteiger partial charge in [-0.2, -0.15) is 0 Å². The lowest BCUT2D eigenvalue weighted by atomic mass is 9.92. The second-order valence-corrected chi connectivity index (χ2v) is 20.2. The lowest BCUT2D eigenvalue weighted by molar-refractivity contribution is 0.474. The molecule has 0 unspecified atom stereocenters. The van der Waals surface area contributed by atoms with Crippen LogP contribution in [0.25, 0.3) is 11.1 Å². The van der Waals surface area contributed by atoms with Gasteiger partial charge in [-0.25, -0.2) is 0 Å². The Morgan fingerprint density at radius 2 is 1.00 bits per heavy atom. The fourth-order valence-electron chi connectivity index (χ4n) is 5.78. The molecule has 0 aromatic heterocycles. The maximum Gasteiger partial charge on any atom is 0.154 e. The highest BCUT2D eigenvalue weighted by atomic mass is 28.3. The monoisotopic (exact) mass is 554 g/mol. The first kappa shape index (κ1) is 31.0. The van der Waals surface area contributed by atoms with Crippen molar-refractivity contribution in [3.05, 3.63) is 107 Å². The van der Waals surface area contributed by atoms with E-state index >= 15 is 0 Å². The molecule has 0 atom stereocenters. The Labute approximate surface area is 241 Å². The zero-order chi connectivity index (χ0) is 28.8. The highest BCUT2D eigenvalue weighted by Gasteiger charge is 2.30. The molecular weight excluding hydrogens is 505 g/mol. The molecule has 0 amide bonds. The van der Waals surface area contributed by atoms with Gasteiger partial charge in [0.25, 0.3) is 0 Å².